The van der Waals surface area contributed by atoms with Gasteiger partial charge in [-0.25, -0.2) is 9.48 Å². The summed E-state index contributed by atoms with van der Waals surface area (Å²) >= 11 is 0. The highest BCUT2D eigenvalue weighted by molar-refractivity contribution is 5.80. The quantitative estimate of drug-likeness (QED) is 0.504. The van der Waals surface area contributed by atoms with E-state index in [1.165, 1.54) is 0 Å². The normalized spacial score (nSPS) is 17.9. The fourth-order valence-electron chi connectivity index (χ4n) is 4.56. The zero-order chi connectivity index (χ0) is 23.9. The molecule has 1 N–H and O–H groups in total. The monoisotopic (exact) mass is 462 g/mol. The number of nitrogens with zero attached hydrogens (tertiary/aromatic N) is 2. The second kappa shape index (κ2) is 11.1. The Labute approximate surface area is 199 Å². The lowest BCUT2D eigenvalue weighted by molar-refractivity contribution is -0.142. The van der Waals surface area contributed by atoms with Crippen molar-refractivity contribution < 1.29 is 19.4 Å². The maximum absolute atomic E-state index is 13.1. The molecule has 4 rings (SSSR count). The minimum atomic E-state index is -0.938. The van der Waals surface area contributed by atoms with Crippen molar-refractivity contribution in [3.63, 3.8) is 0 Å². The van der Waals surface area contributed by atoms with Gasteiger partial charge in [0.1, 0.15) is 12.4 Å². The first-order valence-electron chi connectivity index (χ1n) is 11.6. The van der Waals surface area contributed by atoms with Crippen molar-refractivity contribution in [1.29, 1.82) is 0 Å². The Balaban J connectivity index is 1.54. The van der Waals surface area contributed by atoms with Crippen LogP contribution in [0.4, 0.5) is 0 Å². The van der Waals surface area contributed by atoms with Gasteiger partial charge < -0.3 is 14.6 Å². The van der Waals surface area contributed by atoms with Crippen LogP contribution < -0.4 is 10.3 Å². The molecule has 0 aliphatic heterocycles. The van der Waals surface area contributed by atoms with Crippen molar-refractivity contribution in [3.8, 4) is 28.1 Å². The summed E-state index contributed by atoms with van der Waals surface area (Å²) in [7, 11) is 1.63. The number of aliphatic carboxylic acids is 1. The maximum atomic E-state index is 13.1. The molecule has 3 aromatic rings. The average Bonchev–Trinajstić information content (AvgIpc) is 2.86. The average molecular weight is 463 g/mol. The fourth-order valence-corrected chi connectivity index (χ4v) is 4.56. The Kier molecular flexibility index (Phi) is 7.75. The van der Waals surface area contributed by atoms with Crippen molar-refractivity contribution in [2.24, 2.45) is 11.8 Å². The van der Waals surface area contributed by atoms with Gasteiger partial charge in [-0.15, -0.1) is 0 Å². The summed E-state index contributed by atoms with van der Waals surface area (Å²) in [6.07, 6.45) is 3.87. The molecular weight excluding hydrogens is 432 g/mol. The Morgan fingerprint density at radius 1 is 1.00 bits per heavy atom. The van der Waals surface area contributed by atoms with E-state index in [0.29, 0.717) is 25.0 Å². The van der Waals surface area contributed by atoms with Gasteiger partial charge in [-0.1, -0.05) is 42.5 Å². The highest BCUT2D eigenvalue weighted by Gasteiger charge is 2.23. The molecule has 0 saturated heterocycles. The molecule has 1 saturated carbocycles. The van der Waals surface area contributed by atoms with Gasteiger partial charge in [0.15, 0.2) is 0 Å². The third-order valence-electron chi connectivity index (χ3n) is 6.42. The lowest BCUT2D eigenvalue weighted by atomic mass is 9.82. The maximum Gasteiger partial charge on any atom is 0.329 e. The van der Waals surface area contributed by atoms with Gasteiger partial charge in [0.2, 0.25) is 0 Å². The number of aromatic nitrogens is 2. The zero-order valence-corrected chi connectivity index (χ0v) is 19.4. The van der Waals surface area contributed by atoms with E-state index < -0.39 is 5.97 Å². The van der Waals surface area contributed by atoms with E-state index in [1.54, 1.807) is 17.9 Å². The number of carboxylic acid groups (broad SMARTS) is 1. The molecular formula is C27H30N2O5. The SMILES string of the molecule is COc1ccc(-c2cc(=O)n(C[C@H]3CC[C@@H](COCC(=O)O)CC3)nc2-c2ccccc2)cc1. The van der Waals surface area contributed by atoms with Crippen LogP contribution in [0, 0.1) is 11.8 Å². The van der Waals surface area contributed by atoms with Crippen LogP contribution >= 0.6 is 0 Å². The van der Waals surface area contributed by atoms with E-state index in [2.05, 4.69) is 0 Å². The van der Waals surface area contributed by atoms with Gasteiger partial charge in [0.05, 0.1) is 19.4 Å². The highest BCUT2D eigenvalue weighted by atomic mass is 16.5. The van der Waals surface area contributed by atoms with Crippen LogP contribution in [0.2, 0.25) is 0 Å². The molecule has 0 spiro atoms. The van der Waals surface area contributed by atoms with Crippen molar-refractivity contribution in [3.05, 3.63) is 71.0 Å². The molecule has 0 amide bonds. The summed E-state index contributed by atoms with van der Waals surface area (Å²) in [5.74, 6) is 0.552. The first kappa shape index (κ1) is 23.7. The summed E-state index contributed by atoms with van der Waals surface area (Å²) in [5.41, 5.74) is 3.34. The first-order chi connectivity index (χ1) is 16.5. The van der Waals surface area contributed by atoms with Gasteiger partial charge in [-0.05, 0) is 55.2 Å². The highest BCUT2D eigenvalue weighted by Crippen LogP contribution is 2.32. The summed E-state index contributed by atoms with van der Waals surface area (Å²) in [5, 5.41) is 13.6. The van der Waals surface area contributed by atoms with Crippen LogP contribution in [0.15, 0.2) is 65.5 Å². The van der Waals surface area contributed by atoms with Crippen LogP contribution in [-0.2, 0) is 16.1 Å². The predicted octanol–water partition coefficient (Wildman–Crippen LogP) is 4.49. The molecule has 0 unspecified atom stereocenters. The Hall–Kier alpha value is -3.45. The van der Waals surface area contributed by atoms with Gasteiger partial charge in [0, 0.05) is 23.7 Å². The van der Waals surface area contributed by atoms with Gasteiger partial charge >= 0.3 is 5.97 Å². The number of rotatable bonds is 9. The van der Waals surface area contributed by atoms with Gasteiger partial charge in [-0.2, -0.15) is 5.10 Å². The molecule has 1 aliphatic rings. The zero-order valence-electron chi connectivity index (χ0n) is 19.4. The van der Waals surface area contributed by atoms with Crippen molar-refractivity contribution >= 4 is 5.97 Å². The molecule has 0 atom stereocenters. The largest absolute Gasteiger partial charge is 0.497 e. The van der Waals surface area contributed by atoms with Crippen LogP contribution in [-0.4, -0.2) is 41.2 Å². The number of hydrogen-bond acceptors (Lipinski definition) is 5. The van der Waals surface area contributed by atoms with E-state index in [-0.39, 0.29) is 12.2 Å². The topological polar surface area (TPSA) is 90.7 Å². The minimum absolute atomic E-state index is 0.114. The molecule has 7 nitrogen and oxygen atoms in total. The van der Waals surface area contributed by atoms with E-state index in [1.807, 2.05) is 54.6 Å². The lowest BCUT2D eigenvalue weighted by Crippen LogP contribution is -2.29. The van der Waals surface area contributed by atoms with Crippen LogP contribution in [0.3, 0.4) is 0 Å². The predicted molar refractivity (Wildman–Crippen MR) is 130 cm³/mol. The summed E-state index contributed by atoms with van der Waals surface area (Å²) in [6.45, 7) is 0.804. The Morgan fingerprint density at radius 2 is 1.68 bits per heavy atom. The number of ether oxygens (including phenoxy) is 2. The number of carbonyl (C=O) groups is 1. The van der Waals surface area contributed by atoms with E-state index in [0.717, 1.165) is 53.8 Å². The second-order valence-electron chi connectivity index (χ2n) is 8.82. The smallest absolute Gasteiger partial charge is 0.329 e. The van der Waals surface area contributed by atoms with Crippen molar-refractivity contribution in [1.82, 2.24) is 9.78 Å². The molecule has 0 radical (unpaired) electrons. The summed E-state index contributed by atoms with van der Waals surface area (Å²) in [4.78, 5) is 23.7. The number of benzene rings is 2. The number of methoxy groups -OCH3 is 1. The molecule has 2 aromatic carbocycles. The van der Waals surface area contributed by atoms with Gasteiger partial charge in [0.25, 0.3) is 5.56 Å². The summed E-state index contributed by atoms with van der Waals surface area (Å²) < 4.78 is 12.1. The fraction of sp³-hybridized carbons (Fsp3) is 0.370. The third-order valence-corrected chi connectivity index (χ3v) is 6.42. The molecule has 34 heavy (non-hydrogen) atoms. The standard InChI is InChI=1S/C27H30N2O5/c1-33-23-13-11-21(12-14-23)24-15-25(30)29(28-27(24)22-5-3-2-4-6-22)16-19-7-9-20(10-8-19)17-34-18-26(31)32/h2-6,11-15,19-20H,7-10,16-18H2,1H3,(H,31,32)/t19-,20+. The Bertz CT molecular complexity index is 1150. The second-order valence-corrected chi connectivity index (χ2v) is 8.82. The molecule has 178 valence electrons. The van der Waals surface area contributed by atoms with Crippen LogP contribution in [0.1, 0.15) is 25.7 Å². The molecule has 1 fully saturated rings. The minimum Gasteiger partial charge on any atom is -0.497 e. The lowest BCUT2D eigenvalue weighted by Gasteiger charge is -2.28. The first-order valence-corrected chi connectivity index (χ1v) is 11.6. The Morgan fingerprint density at radius 3 is 2.32 bits per heavy atom. The number of hydrogen-bond donors (Lipinski definition) is 1. The molecule has 1 aromatic heterocycles. The summed E-state index contributed by atoms with van der Waals surface area (Å²) in [6, 6.07) is 19.3. The van der Waals surface area contributed by atoms with E-state index in [4.69, 9.17) is 19.7 Å². The van der Waals surface area contributed by atoms with Crippen molar-refractivity contribution in [2.45, 2.75) is 32.2 Å². The molecule has 0 bridgehead atoms. The number of carboxylic acids is 1. The van der Waals surface area contributed by atoms with Crippen molar-refractivity contribution in [2.75, 3.05) is 20.3 Å². The third kappa shape index (κ3) is 5.91. The van der Waals surface area contributed by atoms with E-state index in [9.17, 15) is 9.59 Å². The van der Waals surface area contributed by atoms with Gasteiger partial charge in [-0.3, -0.25) is 4.79 Å². The molecule has 1 aliphatic carbocycles. The molecule has 7 heteroatoms. The van der Waals surface area contributed by atoms with Crippen LogP contribution in [0.5, 0.6) is 5.75 Å². The van der Waals surface area contributed by atoms with E-state index >= 15 is 0 Å². The van der Waals surface area contributed by atoms with Crippen LogP contribution in [0.25, 0.3) is 22.4 Å². The molecule has 1 heterocycles.